The zero-order valence-electron chi connectivity index (χ0n) is 9.72. The van der Waals surface area contributed by atoms with Crippen LogP contribution in [0.15, 0.2) is 5.11 Å². The first-order chi connectivity index (χ1) is 8.20. The van der Waals surface area contributed by atoms with Crippen molar-refractivity contribution in [3.8, 4) is 0 Å². The van der Waals surface area contributed by atoms with Gasteiger partial charge in [-0.3, -0.25) is 4.79 Å². The molecular weight excluding hydrogens is 228 g/mol. The van der Waals surface area contributed by atoms with E-state index in [1.165, 1.54) is 7.05 Å². The molecule has 0 rings (SSSR count). The summed E-state index contributed by atoms with van der Waals surface area (Å²) in [5.74, 6) is -0.419. The standard InChI is InChI=1S/C9H16N4O4/c1-11-9(15)17-7-16-8(14)5-3-2-4-6-12-13-10/h2-7H2,1H3,(H,11,15). The van der Waals surface area contributed by atoms with Gasteiger partial charge in [0.05, 0.1) is 0 Å². The molecular formula is C9H16N4O4. The lowest BCUT2D eigenvalue weighted by molar-refractivity contribution is -0.151. The molecule has 0 fully saturated rings. The van der Waals surface area contributed by atoms with Gasteiger partial charge in [0.15, 0.2) is 0 Å². The zero-order valence-corrected chi connectivity index (χ0v) is 9.72. The molecule has 0 aromatic heterocycles. The van der Waals surface area contributed by atoms with Crippen LogP contribution in [0, 0.1) is 0 Å². The second-order valence-corrected chi connectivity index (χ2v) is 3.08. The highest BCUT2D eigenvalue weighted by Gasteiger charge is 2.04. The Kier molecular flexibility index (Phi) is 9.35. The lowest BCUT2D eigenvalue weighted by Crippen LogP contribution is -2.21. The molecule has 0 spiro atoms. The van der Waals surface area contributed by atoms with Gasteiger partial charge in [-0.05, 0) is 18.4 Å². The number of nitrogens with zero attached hydrogens (tertiary/aromatic N) is 3. The number of hydrogen-bond acceptors (Lipinski definition) is 5. The van der Waals surface area contributed by atoms with Gasteiger partial charge in [-0.2, -0.15) is 0 Å². The van der Waals surface area contributed by atoms with Crippen molar-refractivity contribution in [2.45, 2.75) is 25.7 Å². The third kappa shape index (κ3) is 10.3. The van der Waals surface area contributed by atoms with Crippen LogP contribution >= 0.6 is 0 Å². The summed E-state index contributed by atoms with van der Waals surface area (Å²) in [6.07, 6.45) is 1.79. The van der Waals surface area contributed by atoms with Crippen LogP contribution in [0.1, 0.15) is 25.7 Å². The van der Waals surface area contributed by atoms with E-state index in [2.05, 4.69) is 24.8 Å². The first kappa shape index (κ1) is 15.0. The Morgan fingerprint density at radius 3 is 2.71 bits per heavy atom. The first-order valence-electron chi connectivity index (χ1n) is 5.21. The lowest BCUT2D eigenvalue weighted by atomic mass is 10.2. The van der Waals surface area contributed by atoms with Gasteiger partial charge in [0, 0.05) is 24.9 Å². The number of azide groups is 1. The number of amides is 1. The van der Waals surface area contributed by atoms with E-state index in [1.807, 2.05) is 0 Å². The second kappa shape index (κ2) is 10.6. The molecule has 0 aliphatic carbocycles. The van der Waals surface area contributed by atoms with Crippen LogP contribution < -0.4 is 5.32 Å². The van der Waals surface area contributed by atoms with E-state index < -0.39 is 12.1 Å². The van der Waals surface area contributed by atoms with Crippen LogP contribution in [0.3, 0.4) is 0 Å². The maximum atomic E-state index is 11.1. The van der Waals surface area contributed by atoms with E-state index in [1.54, 1.807) is 0 Å². The number of ether oxygens (including phenoxy) is 2. The number of carbonyl (C=O) groups is 2. The molecule has 8 nitrogen and oxygen atoms in total. The number of esters is 1. The van der Waals surface area contributed by atoms with Crippen molar-refractivity contribution in [3.05, 3.63) is 10.4 Å². The quantitative estimate of drug-likeness (QED) is 0.175. The molecule has 1 amide bonds. The van der Waals surface area contributed by atoms with Gasteiger partial charge in [-0.25, -0.2) is 4.79 Å². The van der Waals surface area contributed by atoms with Crippen molar-refractivity contribution in [3.63, 3.8) is 0 Å². The smallest absolute Gasteiger partial charge is 0.409 e. The Labute approximate surface area is 98.9 Å². The number of nitrogens with one attached hydrogen (secondary N) is 1. The van der Waals surface area contributed by atoms with Gasteiger partial charge < -0.3 is 14.8 Å². The fraction of sp³-hybridized carbons (Fsp3) is 0.778. The van der Waals surface area contributed by atoms with Crippen molar-refractivity contribution >= 4 is 12.1 Å². The molecule has 0 aliphatic heterocycles. The molecule has 0 aromatic carbocycles. The fourth-order valence-corrected chi connectivity index (χ4v) is 0.966. The molecule has 8 heteroatoms. The molecule has 0 aromatic rings. The predicted octanol–water partition coefficient (Wildman–Crippen LogP) is 1.71. The number of rotatable bonds is 8. The summed E-state index contributed by atoms with van der Waals surface area (Å²) in [5.41, 5.74) is 8.01. The average Bonchev–Trinajstić information content (AvgIpc) is 2.33. The molecule has 0 radical (unpaired) electrons. The Morgan fingerprint density at radius 2 is 2.06 bits per heavy atom. The number of alkyl carbamates (subject to hydrolysis) is 1. The maximum absolute atomic E-state index is 11.1. The third-order valence-corrected chi connectivity index (χ3v) is 1.82. The maximum Gasteiger partial charge on any atom is 0.409 e. The van der Waals surface area contributed by atoms with Gasteiger partial charge in [-0.1, -0.05) is 11.5 Å². The minimum absolute atomic E-state index is 0.257. The minimum Gasteiger partial charge on any atom is -0.428 e. The second-order valence-electron chi connectivity index (χ2n) is 3.08. The van der Waals surface area contributed by atoms with Crippen LogP contribution in [-0.2, 0) is 14.3 Å². The highest BCUT2D eigenvalue weighted by Crippen LogP contribution is 2.01. The fourth-order valence-electron chi connectivity index (χ4n) is 0.966. The number of hydrogen-bond donors (Lipinski definition) is 1. The normalized spacial score (nSPS) is 9.00. The molecule has 0 bridgehead atoms. The molecule has 0 saturated carbocycles. The molecule has 0 atom stereocenters. The Bertz CT molecular complexity index is 289. The molecule has 0 saturated heterocycles. The van der Waals surface area contributed by atoms with E-state index in [0.29, 0.717) is 13.0 Å². The summed E-state index contributed by atoms with van der Waals surface area (Å²) in [7, 11) is 1.41. The van der Waals surface area contributed by atoms with Crippen LogP contribution in [0.4, 0.5) is 4.79 Å². The van der Waals surface area contributed by atoms with E-state index >= 15 is 0 Å². The van der Waals surface area contributed by atoms with Crippen LogP contribution in [-0.4, -0.2) is 32.4 Å². The van der Waals surface area contributed by atoms with Crippen LogP contribution in [0.5, 0.6) is 0 Å². The Balaban J connectivity index is 3.34. The van der Waals surface area contributed by atoms with Gasteiger partial charge in [-0.15, -0.1) is 0 Å². The van der Waals surface area contributed by atoms with E-state index in [4.69, 9.17) is 5.53 Å². The van der Waals surface area contributed by atoms with Crippen LogP contribution in [0.2, 0.25) is 0 Å². The summed E-state index contributed by atoms with van der Waals surface area (Å²) in [5, 5.41) is 5.59. The minimum atomic E-state index is -0.646. The summed E-state index contributed by atoms with van der Waals surface area (Å²) in [6, 6.07) is 0. The summed E-state index contributed by atoms with van der Waals surface area (Å²) in [6.45, 7) is 0.0581. The lowest BCUT2D eigenvalue weighted by Gasteiger charge is -2.05. The van der Waals surface area contributed by atoms with Gasteiger partial charge in [0.25, 0.3) is 0 Å². The van der Waals surface area contributed by atoms with E-state index in [0.717, 1.165) is 12.8 Å². The highest BCUT2D eigenvalue weighted by molar-refractivity contribution is 5.70. The number of unbranched alkanes of at least 4 members (excludes halogenated alkanes) is 2. The topological polar surface area (TPSA) is 113 Å². The molecule has 0 heterocycles. The first-order valence-corrected chi connectivity index (χ1v) is 5.21. The SMILES string of the molecule is CNC(=O)OCOC(=O)CCCCCN=[N+]=[N-]. The summed E-state index contributed by atoms with van der Waals surface area (Å²) < 4.78 is 9.11. The Hall–Kier alpha value is -1.95. The molecule has 1 N–H and O–H groups in total. The van der Waals surface area contributed by atoms with Crippen molar-refractivity contribution in [1.29, 1.82) is 0 Å². The zero-order chi connectivity index (χ0) is 12.9. The predicted molar refractivity (Wildman–Crippen MR) is 59.0 cm³/mol. The summed E-state index contributed by atoms with van der Waals surface area (Å²) >= 11 is 0. The largest absolute Gasteiger partial charge is 0.428 e. The molecule has 0 unspecified atom stereocenters. The van der Waals surface area contributed by atoms with Crippen molar-refractivity contribution in [2.75, 3.05) is 20.4 Å². The van der Waals surface area contributed by atoms with Crippen molar-refractivity contribution in [1.82, 2.24) is 5.32 Å². The highest BCUT2D eigenvalue weighted by atomic mass is 16.7. The van der Waals surface area contributed by atoms with E-state index in [-0.39, 0.29) is 13.2 Å². The molecule has 17 heavy (non-hydrogen) atoms. The van der Waals surface area contributed by atoms with Crippen molar-refractivity contribution < 1.29 is 19.1 Å². The van der Waals surface area contributed by atoms with Gasteiger partial charge in [0.2, 0.25) is 6.79 Å². The third-order valence-electron chi connectivity index (χ3n) is 1.82. The number of carbonyl (C=O) groups excluding carboxylic acids is 2. The van der Waals surface area contributed by atoms with Gasteiger partial charge >= 0.3 is 12.1 Å². The Morgan fingerprint density at radius 1 is 1.29 bits per heavy atom. The average molecular weight is 244 g/mol. The van der Waals surface area contributed by atoms with Gasteiger partial charge in [0.1, 0.15) is 0 Å². The monoisotopic (exact) mass is 244 g/mol. The van der Waals surface area contributed by atoms with Crippen molar-refractivity contribution in [2.24, 2.45) is 5.11 Å². The van der Waals surface area contributed by atoms with Crippen LogP contribution in [0.25, 0.3) is 10.4 Å². The van der Waals surface area contributed by atoms with E-state index in [9.17, 15) is 9.59 Å². The molecule has 0 aliphatic rings. The molecule has 96 valence electrons. The summed E-state index contributed by atoms with van der Waals surface area (Å²) in [4.78, 5) is 24.3.